The molecule has 1 amide bonds. The third-order valence-corrected chi connectivity index (χ3v) is 3.35. The predicted molar refractivity (Wildman–Crippen MR) is 88.8 cm³/mol. The summed E-state index contributed by atoms with van der Waals surface area (Å²) in [5, 5.41) is 2.82. The van der Waals surface area contributed by atoms with Crippen LogP contribution in [0.2, 0.25) is 0 Å². The normalized spacial score (nSPS) is 10.1. The molecular weight excluding hydrogens is 367 g/mol. The summed E-state index contributed by atoms with van der Waals surface area (Å²) in [7, 11) is 0. The molecule has 0 saturated heterocycles. The van der Waals surface area contributed by atoms with Gasteiger partial charge < -0.3 is 15.8 Å². The van der Waals surface area contributed by atoms with Crippen molar-refractivity contribution < 1.29 is 9.53 Å². The van der Waals surface area contributed by atoms with Crippen LogP contribution in [0.25, 0.3) is 0 Å². The third-order valence-electron chi connectivity index (χ3n) is 2.63. The Bertz CT molecular complexity index is 585. The number of para-hydroxylation sites is 2. The molecule has 0 aliphatic carbocycles. The van der Waals surface area contributed by atoms with Gasteiger partial charge in [0.25, 0.3) is 0 Å². The highest BCUT2D eigenvalue weighted by Gasteiger charge is 2.04. The van der Waals surface area contributed by atoms with Crippen LogP contribution in [-0.2, 0) is 4.79 Å². The van der Waals surface area contributed by atoms with Gasteiger partial charge in [-0.2, -0.15) is 0 Å². The average molecular weight is 382 g/mol. The van der Waals surface area contributed by atoms with E-state index >= 15 is 0 Å². The Kier molecular flexibility index (Phi) is 5.23. The Hall–Kier alpha value is -1.76. The molecule has 4 nitrogen and oxygen atoms in total. The molecule has 2 rings (SSSR count). The first-order valence-electron chi connectivity index (χ1n) is 6.18. The number of benzene rings is 2. The minimum absolute atomic E-state index is 0.0827. The molecule has 0 unspecified atom stereocenters. The highest BCUT2D eigenvalue weighted by Crippen LogP contribution is 2.19. The molecule has 0 aliphatic rings. The van der Waals surface area contributed by atoms with Crippen molar-refractivity contribution >= 4 is 39.9 Å². The van der Waals surface area contributed by atoms with Crippen molar-refractivity contribution in [1.82, 2.24) is 0 Å². The van der Waals surface area contributed by atoms with E-state index in [9.17, 15) is 4.79 Å². The molecule has 0 aromatic heterocycles. The maximum absolute atomic E-state index is 11.7. The third kappa shape index (κ3) is 4.41. The topological polar surface area (TPSA) is 64.3 Å². The zero-order valence-electron chi connectivity index (χ0n) is 10.8. The van der Waals surface area contributed by atoms with Gasteiger partial charge in [-0.1, -0.05) is 12.1 Å². The quantitative estimate of drug-likeness (QED) is 0.616. The fraction of sp³-hybridized carbons (Fsp3) is 0.133. The Balaban J connectivity index is 1.78. The fourth-order valence-electron chi connectivity index (χ4n) is 1.62. The van der Waals surface area contributed by atoms with E-state index in [1.165, 1.54) is 0 Å². The Morgan fingerprint density at radius 1 is 1.15 bits per heavy atom. The van der Waals surface area contributed by atoms with Crippen molar-refractivity contribution in [2.24, 2.45) is 0 Å². The van der Waals surface area contributed by atoms with E-state index in [0.717, 1.165) is 9.26 Å². The highest BCUT2D eigenvalue weighted by molar-refractivity contribution is 14.1. The first-order chi connectivity index (χ1) is 9.65. The number of halogens is 1. The van der Waals surface area contributed by atoms with Gasteiger partial charge in [0.15, 0.2) is 0 Å². The van der Waals surface area contributed by atoms with E-state index in [1.54, 1.807) is 12.1 Å². The van der Waals surface area contributed by atoms with Crippen LogP contribution in [0.5, 0.6) is 5.75 Å². The average Bonchev–Trinajstić information content (AvgIpc) is 2.43. The van der Waals surface area contributed by atoms with E-state index in [0.29, 0.717) is 18.0 Å². The molecule has 20 heavy (non-hydrogen) atoms. The molecular formula is C15H15IN2O2. The molecule has 3 N–H and O–H groups in total. The molecule has 0 atom stereocenters. The van der Waals surface area contributed by atoms with Gasteiger partial charge in [-0.3, -0.25) is 4.79 Å². The maximum atomic E-state index is 11.7. The highest BCUT2D eigenvalue weighted by atomic mass is 127. The number of anilines is 2. The van der Waals surface area contributed by atoms with Crippen molar-refractivity contribution in [3.63, 3.8) is 0 Å². The molecule has 0 bridgehead atoms. The van der Waals surface area contributed by atoms with Crippen LogP contribution in [0.3, 0.4) is 0 Å². The van der Waals surface area contributed by atoms with E-state index in [1.807, 2.05) is 36.4 Å². The lowest BCUT2D eigenvalue weighted by Crippen LogP contribution is -2.15. The number of nitrogen functional groups attached to an aromatic ring is 1. The number of carbonyl (C=O) groups excluding carboxylic acids is 1. The first-order valence-corrected chi connectivity index (χ1v) is 7.26. The standard InChI is InChI=1S/C15H15IN2O2/c16-11-5-7-12(8-6-11)18-15(19)9-10-20-14-4-2-1-3-13(14)17/h1-8H,9-10,17H2,(H,18,19). The lowest BCUT2D eigenvalue weighted by molar-refractivity contribution is -0.116. The van der Waals surface area contributed by atoms with Crippen LogP contribution in [0.1, 0.15) is 6.42 Å². The SMILES string of the molecule is Nc1ccccc1OCCC(=O)Nc1ccc(I)cc1. The fourth-order valence-corrected chi connectivity index (χ4v) is 1.98. The maximum Gasteiger partial charge on any atom is 0.227 e. The molecule has 0 saturated carbocycles. The summed E-state index contributed by atoms with van der Waals surface area (Å²) < 4.78 is 6.61. The summed E-state index contributed by atoms with van der Waals surface area (Å²) in [5.74, 6) is 0.523. The zero-order valence-corrected chi connectivity index (χ0v) is 13.0. The molecule has 104 valence electrons. The van der Waals surface area contributed by atoms with Gasteiger partial charge in [-0.15, -0.1) is 0 Å². The minimum atomic E-state index is -0.0827. The number of nitrogens with two attached hydrogens (primary N) is 1. The van der Waals surface area contributed by atoms with Gasteiger partial charge in [-0.05, 0) is 59.0 Å². The summed E-state index contributed by atoms with van der Waals surface area (Å²) in [4.78, 5) is 11.7. The van der Waals surface area contributed by atoms with Gasteiger partial charge in [0.05, 0.1) is 18.7 Å². The summed E-state index contributed by atoms with van der Waals surface area (Å²) >= 11 is 2.22. The molecule has 0 fully saturated rings. The smallest absolute Gasteiger partial charge is 0.227 e. The summed E-state index contributed by atoms with van der Waals surface area (Å²) in [6.07, 6.45) is 0.278. The second-order valence-electron chi connectivity index (χ2n) is 4.19. The molecule has 0 radical (unpaired) electrons. The van der Waals surface area contributed by atoms with Gasteiger partial charge in [0, 0.05) is 9.26 Å². The summed E-state index contributed by atoms with van der Waals surface area (Å²) in [6.45, 7) is 0.296. The van der Waals surface area contributed by atoms with Crippen molar-refractivity contribution in [3.8, 4) is 5.75 Å². The van der Waals surface area contributed by atoms with Crippen LogP contribution < -0.4 is 15.8 Å². The van der Waals surface area contributed by atoms with Crippen molar-refractivity contribution in [2.75, 3.05) is 17.7 Å². The van der Waals surface area contributed by atoms with Crippen molar-refractivity contribution in [3.05, 3.63) is 52.1 Å². The Morgan fingerprint density at radius 2 is 1.85 bits per heavy atom. The zero-order chi connectivity index (χ0) is 14.4. The largest absolute Gasteiger partial charge is 0.491 e. The van der Waals surface area contributed by atoms with Crippen LogP contribution in [-0.4, -0.2) is 12.5 Å². The molecule has 2 aromatic rings. The van der Waals surface area contributed by atoms with Gasteiger partial charge in [-0.25, -0.2) is 0 Å². The van der Waals surface area contributed by atoms with Crippen LogP contribution >= 0.6 is 22.6 Å². The second kappa shape index (κ2) is 7.14. The molecule has 0 spiro atoms. The number of rotatable bonds is 5. The van der Waals surface area contributed by atoms with E-state index in [4.69, 9.17) is 10.5 Å². The van der Waals surface area contributed by atoms with E-state index in [2.05, 4.69) is 27.9 Å². The lowest BCUT2D eigenvalue weighted by Gasteiger charge is -2.09. The Labute approximate surface area is 131 Å². The Morgan fingerprint density at radius 3 is 2.55 bits per heavy atom. The van der Waals surface area contributed by atoms with E-state index < -0.39 is 0 Å². The number of nitrogens with one attached hydrogen (secondary N) is 1. The monoisotopic (exact) mass is 382 g/mol. The molecule has 5 heteroatoms. The second-order valence-corrected chi connectivity index (χ2v) is 5.44. The molecule has 0 heterocycles. The number of amides is 1. The van der Waals surface area contributed by atoms with Crippen LogP contribution in [0, 0.1) is 3.57 Å². The van der Waals surface area contributed by atoms with Crippen LogP contribution in [0.15, 0.2) is 48.5 Å². The van der Waals surface area contributed by atoms with Gasteiger partial charge in [0.1, 0.15) is 5.75 Å². The summed E-state index contributed by atoms with van der Waals surface area (Å²) in [6, 6.07) is 14.9. The van der Waals surface area contributed by atoms with Gasteiger partial charge in [0.2, 0.25) is 5.91 Å². The number of hydrogen-bond acceptors (Lipinski definition) is 3. The number of ether oxygens (including phenoxy) is 1. The number of carbonyl (C=O) groups is 1. The minimum Gasteiger partial charge on any atom is -0.491 e. The predicted octanol–water partition coefficient (Wildman–Crippen LogP) is 3.28. The van der Waals surface area contributed by atoms with Crippen molar-refractivity contribution in [2.45, 2.75) is 6.42 Å². The molecule has 2 aromatic carbocycles. The van der Waals surface area contributed by atoms with Crippen molar-refractivity contribution in [1.29, 1.82) is 0 Å². The van der Waals surface area contributed by atoms with Gasteiger partial charge >= 0.3 is 0 Å². The summed E-state index contributed by atoms with van der Waals surface area (Å²) in [5.41, 5.74) is 7.11. The van der Waals surface area contributed by atoms with Crippen LogP contribution in [0.4, 0.5) is 11.4 Å². The van der Waals surface area contributed by atoms with E-state index in [-0.39, 0.29) is 12.3 Å². The number of hydrogen-bond donors (Lipinski definition) is 2. The molecule has 0 aliphatic heterocycles. The first kappa shape index (κ1) is 14.6. The lowest BCUT2D eigenvalue weighted by atomic mass is 10.3.